The lowest BCUT2D eigenvalue weighted by Gasteiger charge is -2.10. The van der Waals surface area contributed by atoms with E-state index < -0.39 is 0 Å². The van der Waals surface area contributed by atoms with Gasteiger partial charge >= 0.3 is 0 Å². The van der Waals surface area contributed by atoms with Crippen LogP contribution in [0.5, 0.6) is 0 Å². The molecule has 0 atom stereocenters. The molecule has 0 aliphatic heterocycles. The molecule has 2 aromatic rings. The topological polar surface area (TPSA) is 52.0 Å². The van der Waals surface area contributed by atoms with E-state index in [0.717, 1.165) is 28.9 Å². The fourth-order valence-corrected chi connectivity index (χ4v) is 1.77. The third-order valence-corrected chi connectivity index (χ3v) is 2.88. The maximum atomic E-state index is 6.05. The maximum Gasteiger partial charge on any atom is 0.0400 e. The van der Waals surface area contributed by atoms with Crippen molar-refractivity contribution in [1.82, 2.24) is 0 Å². The zero-order valence-corrected chi connectivity index (χ0v) is 9.40. The minimum Gasteiger partial charge on any atom is -0.398 e. The van der Waals surface area contributed by atoms with Gasteiger partial charge in [-0.3, -0.25) is 0 Å². The van der Waals surface area contributed by atoms with Crippen molar-refractivity contribution < 1.29 is 0 Å². The standard InChI is InChI=1S/C14H16N2/c1-10-13(15)8-7-12(14(10)16)9-11-5-3-2-4-6-11/h2-8H,9,15-16H2,1H3. The first-order chi connectivity index (χ1) is 7.68. The number of anilines is 2. The molecule has 2 heteroatoms. The third-order valence-electron chi connectivity index (χ3n) is 2.88. The highest BCUT2D eigenvalue weighted by molar-refractivity contribution is 5.65. The summed E-state index contributed by atoms with van der Waals surface area (Å²) in [7, 11) is 0. The van der Waals surface area contributed by atoms with Gasteiger partial charge in [0.05, 0.1) is 0 Å². The molecule has 16 heavy (non-hydrogen) atoms. The molecule has 0 aliphatic rings. The molecule has 0 aromatic heterocycles. The summed E-state index contributed by atoms with van der Waals surface area (Å²) in [4.78, 5) is 0. The Morgan fingerprint density at radius 1 is 0.938 bits per heavy atom. The SMILES string of the molecule is Cc1c(N)ccc(Cc2ccccc2)c1N. The summed E-state index contributed by atoms with van der Waals surface area (Å²) in [6.45, 7) is 1.96. The lowest BCUT2D eigenvalue weighted by molar-refractivity contribution is 1.19. The Hall–Kier alpha value is -1.96. The molecular weight excluding hydrogens is 196 g/mol. The summed E-state index contributed by atoms with van der Waals surface area (Å²) >= 11 is 0. The van der Waals surface area contributed by atoms with E-state index in [1.165, 1.54) is 5.56 Å². The van der Waals surface area contributed by atoms with Crippen LogP contribution in [0.2, 0.25) is 0 Å². The monoisotopic (exact) mass is 212 g/mol. The van der Waals surface area contributed by atoms with Gasteiger partial charge in [0, 0.05) is 11.4 Å². The van der Waals surface area contributed by atoms with Crippen molar-refractivity contribution in [2.75, 3.05) is 11.5 Å². The molecule has 0 saturated heterocycles. The highest BCUT2D eigenvalue weighted by Gasteiger charge is 2.05. The molecule has 82 valence electrons. The Morgan fingerprint density at radius 2 is 1.62 bits per heavy atom. The first kappa shape index (κ1) is 10.6. The van der Waals surface area contributed by atoms with Crippen molar-refractivity contribution in [3.63, 3.8) is 0 Å². The van der Waals surface area contributed by atoms with Crippen LogP contribution in [0.15, 0.2) is 42.5 Å². The fourth-order valence-electron chi connectivity index (χ4n) is 1.77. The normalized spacial score (nSPS) is 10.3. The molecule has 2 aromatic carbocycles. The molecule has 0 aliphatic carbocycles. The molecule has 0 saturated carbocycles. The minimum atomic E-state index is 0.759. The smallest absolute Gasteiger partial charge is 0.0400 e. The van der Waals surface area contributed by atoms with E-state index in [-0.39, 0.29) is 0 Å². The average molecular weight is 212 g/mol. The second-order valence-electron chi connectivity index (χ2n) is 4.01. The molecule has 0 fully saturated rings. The Morgan fingerprint density at radius 3 is 2.31 bits per heavy atom. The van der Waals surface area contributed by atoms with E-state index >= 15 is 0 Å². The van der Waals surface area contributed by atoms with E-state index in [1.807, 2.05) is 37.3 Å². The van der Waals surface area contributed by atoms with Crippen molar-refractivity contribution in [1.29, 1.82) is 0 Å². The first-order valence-corrected chi connectivity index (χ1v) is 5.36. The quantitative estimate of drug-likeness (QED) is 0.752. The van der Waals surface area contributed by atoms with Gasteiger partial charge < -0.3 is 11.5 Å². The van der Waals surface area contributed by atoms with Gasteiger partial charge in [-0.15, -0.1) is 0 Å². The van der Waals surface area contributed by atoms with E-state index in [0.29, 0.717) is 0 Å². The summed E-state index contributed by atoms with van der Waals surface area (Å²) in [5, 5.41) is 0. The van der Waals surface area contributed by atoms with Crippen molar-refractivity contribution >= 4 is 11.4 Å². The Balaban J connectivity index is 2.33. The molecule has 0 unspecified atom stereocenters. The van der Waals surface area contributed by atoms with Gasteiger partial charge in [-0.1, -0.05) is 36.4 Å². The fraction of sp³-hybridized carbons (Fsp3) is 0.143. The number of hydrogen-bond donors (Lipinski definition) is 2. The van der Waals surface area contributed by atoms with E-state index in [9.17, 15) is 0 Å². The number of hydrogen-bond acceptors (Lipinski definition) is 2. The maximum absolute atomic E-state index is 6.05. The summed E-state index contributed by atoms with van der Waals surface area (Å²) in [6.07, 6.45) is 0.855. The van der Waals surface area contributed by atoms with Gasteiger partial charge in [-0.05, 0) is 36.1 Å². The van der Waals surface area contributed by atoms with Crippen LogP contribution in [-0.4, -0.2) is 0 Å². The van der Waals surface area contributed by atoms with Crippen LogP contribution in [0.3, 0.4) is 0 Å². The molecular formula is C14H16N2. The molecule has 0 radical (unpaired) electrons. The minimum absolute atomic E-state index is 0.759. The van der Waals surface area contributed by atoms with Gasteiger partial charge in [0.2, 0.25) is 0 Å². The van der Waals surface area contributed by atoms with E-state index in [1.54, 1.807) is 0 Å². The molecule has 0 spiro atoms. The predicted molar refractivity (Wildman–Crippen MR) is 69.3 cm³/mol. The molecule has 0 bridgehead atoms. The molecule has 0 amide bonds. The Bertz CT molecular complexity index is 490. The lowest BCUT2D eigenvalue weighted by Crippen LogP contribution is -2.01. The zero-order valence-electron chi connectivity index (χ0n) is 9.40. The summed E-state index contributed by atoms with van der Waals surface area (Å²) in [5.41, 5.74) is 16.8. The summed E-state index contributed by atoms with van der Waals surface area (Å²) in [5.74, 6) is 0. The Labute approximate surface area is 95.9 Å². The predicted octanol–water partition coefficient (Wildman–Crippen LogP) is 2.75. The van der Waals surface area contributed by atoms with Crippen LogP contribution < -0.4 is 11.5 Å². The van der Waals surface area contributed by atoms with Gasteiger partial charge in [0.1, 0.15) is 0 Å². The van der Waals surface area contributed by atoms with Gasteiger partial charge in [-0.25, -0.2) is 0 Å². The van der Waals surface area contributed by atoms with Gasteiger partial charge in [0.25, 0.3) is 0 Å². The van der Waals surface area contributed by atoms with Crippen LogP contribution in [0.4, 0.5) is 11.4 Å². The second kappa shape index (κ2) is 4.27. The lowest BCUT2D eigenvalue weighted by atomic mass is 10.00. The highest BCUT2D eigenvalue weighted by atomic mass is 14.6. The van der Waals surface area contributed by atoms with Crippen LogP contribution in [-0.2, 0) is 6.42 Å². The summed E-state index contributed by atoms with van der Waals surface area (Å²) in [6, 6.07) is 14.2. The van der Waals surface area contributed by atoms with Crippen LogP contribution in [0, 0.1) is 6.92 Å². The molecule has 2 nitrogen and oxygen atoms in total. The highest BCUT2D eigenvalue weighted by Crippen LogP contribution is 2.24. The van der Waals surface area contributed by atoms with Crippen molar-refractivity contribution in [2.24, 2.45) is 0 Å². The second-order valence-corrected chi connectivity index (χ2v) is 4.01. The van der Waals surface area contributed by atoms with E-state index in [2.05, 4.69) is 12.1 Å². The van der Waals surface area contributed by atoms with Crippen molar-refractivity contribution in [2.45, 2.75) is 13.3 Å². The van der Waals surface area contributed by atoms with E-state index in [4.69, 9.17) is 11.5 Å². The number of rotatable bonds is 2. The number of nitrogen functional groups attached to an aromatic ring is 2. The third kappa shape index (κ3) is 2.01. The largest absolute Gasteiger partial charge is 0.398 e. The number of nitrogens with two attached hydrogens (primary N) is 2. The Kier molecular flexibility index (Phi) is 2.82. The molecule has 2 rings (SSSR count). The van der Waals surface area contributed by atoms with Crippen LogP contribution >= 0.6 is 0 Å². The average Bonchev–Trinajstić information content (AvgIpc) is 2.31. The first-order valence-electron chi connectivity index (χ1n) is 5.36. The van der Waals surface area contributed by atoms with Crippen LogP contribution in [0.25, 0.3) is 0 Å². The van der Waals surface area contributed by atoms with Crippen molar-refractivity contribution in [3.8, 4) is 0 Å². The van der Waals surface area contributed by atoms with Crippen LogP contribution in [0.1, 0.15) is 16.7 Å². The molecule has 4 N–H and O–H groups in total. The zero-order chi connectivity index (χ0) is 11.5. The van der Waals surface area contributed by atoms with Gasteiger partial charge in [0.15, 0.2) is 0 Å². The van der Waals surface area contributed by atoms with Gasteiger partial charge in [-0.2, -0.15) is 0 Å². The van der Waals surface area contributed by atoms with Crippen molar-refractivity contribution in [3.05, 3.63) is 59.2 Å². The number of benzene rings is 2. The summed E-state index contributed by atoms with van der Waals surface area (Å²) < 4.78 is 0. The molecule has 0 heterocycles.